The van der Waals surface area contributed by atoms with E-state index in [1.54, 1.807) is 38.1 Å². The number of carbonyl (C=O) groups is 4. The molecule has 0 saturated carbocycles. The van der Waals surface area contributed by atoms with Crippen molar-refractivity contribution in [2.45, 2.75) is 26.7 Å². The third-order valence-electron chi connectivity index (χ3n) is 8.76. The van der Waals surface area contributed by atoms with Crippen molar-refractivity contribution >= 4 is 97.2 Å². The van der Waals surface area contributed by atoms with Gasteiger partial charge >= 0.3 is 41.0 Å². The minimum absolute atomic E-state index is 0. The van der Waals surface area contributed by atoms with E-state index in [9.17, 15) is 24.3 Å². The minimum Gasteiger partial charge on any atom is -0.657 e. The Balaban J connectivity index is 0.00000451. The molecule has 3 aliphatic rings. The summed E-state index contributed by atoms with van der Waals surface area (Å²) in [4.78, 5) is 68.3. The molecule has 6 rings (SSSR count). The van der Waals surface area contributed by atoms with Crippen molar-refractivity contribution in [3.63, 3.8) is 0 Å². The largest absolute Gasteiger partial charge is 2.00 e. The Morgan fingerprint density at radius 3 is 2.17 bits per heavy atom. The van der Waals surface area contributed by atoms with Crippen molar-refractivity contribution in [3.05, 3.63) is 100 Å². The van der Waals surface area contributed by atoms with Crippen LogP contribution in [0.5, 0.6) is 0 Å². The Hall–Kier alpha value is -5.33. The summed E-state index contributed by atoms with van der Waals surface area (Å²) in [7, 11) is 2.49. The molecule has 48 heavy (non-hydrogen) atoms. The fraction of sp³-hybridized carbons (Fsp3) is 0.167. The number of hydrogen-bond acceptors (Lipinski definition) is 6. The Kier molecular flexibility index (Phi) is 9.00. The van der Waals surface area contributed by atoms with Gasteiger partial charge in [0, 0.05) is 22.8 Å². The van der Waals surface area contributed by atoms with Gasteiger partial charge in [-0.2, -0.15) is 0 Å². The number of nitrogens with one attached hydrogen (secondary N) is 2. The van der Waals surface area contributed by atoms with Crippen LogP contribution in [0.2, 0.25) is 0 Å². The van der Waals surface area contributed by atoms with Gasteiger partial charge in [0.2, 0.25) is 22.8 Å². The molecule has 3 aromatic rings. The van der Waals surface area contributed by atoms with E-state index in [-0.39, 0.29) is 45.3 Å². The molecule has 0 amide bonds. The third kappa shape index (κ3) is 5.13. The molecule has 0 radical (unpaired) electrons. The number of methoxy groups -OCH3 is 2. The molecule has 11 nitrogen and oxygen atoms in total. The smallest absolute Gasteiger partial charge is 0.657 e. The van der Waals surface area contributed by atoms with E-state index in [4.69, 9.17) is 19.4 Å². The molecule has 0 saturated heterocycles. The van der Waals surface area contributed by atoms with E-state index < -0.39 is 29.6 Å². The number of fused-ring (bicyclic) bond motifs is 8. The number of hydrogen-bond donors (Lipinski definition) is 1. The van der Waals surface area contributed by atoms with Gasteiger partial charge in [0.05, 0.1) is 25.4 Å². The number of rotatable bonds is 6. The number of H-pyrrole nitrogens is 2. The maximum atomic E-state index is 14.0. The van der Waals surface area contributed by atoms with Crippen LogP contribution in [-0.2, 0) is 23.9 Å². The van der Waals surface area contributed by atoms with Crippen molar-refractivity contribution in [1.82, 2.24) is 9.97 Å². The Morgan fingerprint density at radius 2 is 1.54 bits per heavy atom. The zero-order valence-corrected chi connectivity index (χ0v) is 28.4. The quantitative estimate of drug-likeness (QED) is 0.181. The number of carboxylic acids is 1. The van der Waals surface area contributed by atoms with Crippen LogP contribution in [0.1, 0.15) is 68.2 Å². The number of aromatic nitrogens is 4. The first kappa shape index (κ1) is 34.0. The second-order valence-electron chi connectivity index (χ2n) is 11.2. The van der Waals surface area contributed by atoms with Crippen LogP contribution < -0.4 is 19.9 Å². The fourth-order valence-electron chi connectivity index (χ4n) is 6.40. The molecule has 0 aromatic carbocycles. The van der Waals surface area contributed by atoms with Crippen LogP contribution in [-0.4, -0.2) is 66.1 Å². The molecule has 2 aliphatic heterocycles. The number of allylic oxidation sites excluding steroid dienone is 5. The Morgan fingerprint density at radius 1 is 0.875 bits per heavy atom. The summed E-state index contributed by atoms with van der Waals surface area (Å²) < 4.78 is 10.2. The standard InChI is InChI=1S/C36H30N4O7.Mg/c1-8-18-15(3)21-12-22-16(4)20(10-11-27(41)42)32(39-22)30-31(36(45)47-7)34(43)28-17(5)23(40-33(28)30)13-25-19(9-2)29(35(44)46-6)26(38-25)14-24(18)37-21;/h8-14,31H,1-2H2,3-7H3,(H3,37,38,39,40,41,42,43,44);/q;+2/b11-10+,21-12?,22-12?,23-13?,24-14?,25-13?,26-14?,32-30?;. The van der Waals surface area contributed by atoms with Crippen LogP contribution in [0.25, 0.3) is 50.4 Å². The van der Waals surface area contributed by atoms with E-state index in [0.29, 0.717) is 61.6 Å². The van der Waals surface area contributed by atoms with Gasteiger partial charge in [-0.3, -0.25) is 9.59 Å². The Labute approximate surface area is 291 Å². The van der Waals surface area contributed by atoms with Gasteiger partial charge in [-0.25, -0.2) is 19.6 Å². The van der Waals surface area contributed by atoms with Crippen molar-refractivity contribution < 1.29 is 43.7 Å². The van der Waals surface area contributed by atoms with Crippen LogP contribution in [0.4, 0.5) is 0 Å². The second-order valence-corrected chi connectivity index (χ2v) is 11.2. The molecular formula is C36H30MgN4O7+2. The number of aliphatic carboxylic acids is 1. The fourth-order valence-corrected chi connectivity index (χ4v) is 6.40. The van der Waals surface area contributed by atoms with Crippen LogP contribution >= 0.6 is 0 Å². The maximum absolute atomic E-state index is 14.0. The topological polar surface area (TPSA) is 163 Å². The summed E-state index contributed by atoms with van der Waals surface area (Å²) in [6.07, 6.45) is 5.62. The average molecular weight is 655 g/mol. The van der Waals surface area contributed by atoms with Gasteiger partial charge in [0.25, 0.3) is 0 Å². The van der Waals surface area contributed by atoms with Gasteiger partial charge in [-0.05, 0) is 50.6 Å². The van der Waals surface area contributed by atoms with E-state index in [1.807, 2.05) is 6.92 Å². The average Bonchev–Trinajstić information content (AvgIpc) is 3.79. The monoisotopic (exact) mass is 654 g/mol. The zero-order chi connectivity index (χ0) is 33.9. The number of ketones is 1. The van der Waals surface area contributed by atoms with E-state index >= 15 is 0 Å². The summed E-state index contributed by atoms with van der Waals surface area (Å²) in [5.41, 5.74) is 7.98. The number of ether oxygens (including phenoxy) is 2. The van der Waals surface area contributed by atoms with Crippen LogP contribution in [0.15, 0.2) is 49.6 Å². The first-order valence-electron chi connectivity index (χ1n) is 14.6. The maximum Gasteiger partial charge on any atom is 2.00 e. The molecule has 1 atom stereocenters. The first-order chi connectivity index (χ1) is 22.4. The van der Waals surface area contributed by atoms with Crippen LogP contribution in [0.3, 0.4) is 0 Å². The third-order valence-corrected chi connectivity index (χ3v) is 8.76. The molecule has 1 aliphatic carbocycles. The zero-order valence-electron chi connectivity index (χ0n) is 27.0. The number of carboxylic acid groups (broad SMARTS) is 1. The van der Waals surface area contributed by atoms with Gasteiger partial charge < -0.3 is 24.5 Å². The summed E-state index contributed by atoms with van der Waals surface area (Å²) >= 11 is 0. The molecular weight excluding hydrogens is 625 g/mol. The second kappa shape index (κ2) is 12.7. The van der Waals surface area contributed by atoms with E-state index in [1.165, 1.54) is 26.4 Å². The Bertz CT molecular complexity index is 2280. The van der Waals surface area contributed by atoms with Crippen molar-refractivity contribution in [1.29, 1.82) is 0 Å². The molecule has 5 heterocycles. The normalized spacial score (nSPS) is 15.1. The molecule has 1 unspecified atom stereocenters. The minimum atomic E-state index is -1.34. The van der Waals surface area contributed by atoms with Crippen molar-refractivity contribution in [2.24, 2.45) is 0 Å². The predicted molar refractivity (Wildman–Crippen MR) is 179 cm³/mol. The summed E-state index contributed by atoms with van der Waals surface area (Å²) in [6.45, 7) is 13.3. The molecule has 236 valence electrons. The summed E-state index contributed by atoms with van der Waals surface area (Å²) in [5.74, 6) is -4.37. The SMILES string of the molecule is C=CC1=C(C(=O)OC)c2cc3[n-]c(cc4[nH+]c(c5c6[n-]c(cc1[nH+]2)c(C)c6C(=O)C5C(=O)OC)C(/C=C/C(=O)O)=C4C)c(C)c3C=C.[Mg+2]. The van der Waals surface area contributed by atoms with Gasteiger partial charge in [0.15, 0.2) is 11.7 Å². The molecule has 0 spiro atoms. The predicted octanol–water partition coefficient (Wildman–Crippen LogP) is 3.58. The van der Waals surface area contributed by atoms with E-state index in [0.717, 1.165) is 17.2 Å². The summed E-state index contributed by atoms with van der Waals surface area (Å²) in [6, 6.07) is 5.24. The molecule has 3 aromatic heterocycles. The van der Waals surface area contributed by atoms with Crippen molar-refractivity contribution in [2.75, 3.05) is 14.2 Å². The van der Waals surface area contributed by atoms with Gasteiger partial charge in [-0.1, -0.05) is 36.4 Å². The number of nitrogens with zero attached hydrogens (tertiary/aromatic N) is 2. The van der Waals surface area contributed by atoms with Crippen LogP contribution in [0, 0.1) is 13.8 Å². The van der Waals surface area contributed by atoms with Gasteiger partial charge in [0.1, 0.15) is 5.57 Å². The van der Waals surface area contributed by atoms with Crippen molar-refractivity contribution in [3.8, 4) is 0 Å². The summed E-state index contributed by atoms with van der Waals surface area (Å²) in [5, 5.41) is 9.50. The van der Waals surface area contributed by atoms with E-state index in [2.05, 4.69) is 23.1 Å². The number of Topliss-reactive ketones (excluding diaryl/α,β-unsaturated/α-hetero) is 1. The number of esters is 2. The first-order valence-corrected chi connectivity index (χ1v) is 14.6. The van der Waals surface area contributed by atoms with Gasteiger partial charge in [-0.15, -0.1) is 22.1 Å². The number of carbonyl (C=O) groups excluding carboxylic acids is 3. The molecule has 8 bridgehead atoms. The molecule has 12 heteroatoms. The molecule has 0 fully saturated rings. The molecule has 3 N–H and O–H groups in total. The number of aromatic amines is 2. The number of aryl methyl sites for hydroxylation is 2.